The molecule has 1 aromatic heterocycles. The fraction of sp³-hybridized carbons (Fsp3) is 0.667. The third kappa shape index (κ3) is 2.90. The van der Waals surface area contributed by atoms with Crippen LogP contribution in [0.1, 0.15) is 18.5 Å². The maximum atomic E-state index is 11.8. The monoisotopic (exact) mass is 254 g/mol. The van der Waals surface area contributed by atoms with Gasteiger partial charge in [0.15, 0.2) is 0 Å². The van der Waals surface area contributed by atoms with Crippen LogP contribution in [-0.4, -0.2) is 28.5 Å². The summed E-state index contributed by atoms with van der Waals surface area (Å²) in [7, 11) is 0. The lowest BCUT2D eigenvalue weighted by molar-refractivity contribution is 0.0176. The maximum Gasteiger partial charge on any atom is 0.253 e. The zero-order valence-electron chi connectivity index (χ0n) is 10.1. The Labute approximate surface area is 106 Å². The van der Waals surface area contributed by atoms with Gasteiger partial charge < -0.3 is 4.74 Å². The molecule has 2 rings (SSSR count). The number of hydrogen-bond donors (Lipinski definition) is 1. The summed E-state index contributed by atoms with van der Waals surface area (Å²) in [5.74, 6) is 0.774. The Balaban J connectivity index is 2.20. The molecule has 1 aliphatic rings. The number of nitrogens with zero attached hydrogens (tertiary/aromatic N) is 2. The molecule has 0 saturated carbocycles. The average Bonchev–Trinajstić information content (AvgIpc) is 2.34. The van der Waals surface area contributed by atoms with E-state index in [0.29, 0.717) is 6.54 Å². The Hall–Kier alpha value is -0.810. The van der Waals surface area contributed by atoms with Crippen molar-refractivity contribution < 1.29 is 4.74 Å². The second-order valence-corrected chi connectivity index (χ2v) is 5.08. The average molecular weight is 254 g/mol. The molecule has 4 nitrogen and oxygen atoms in total. The smallest absolute Gasteiger partial charge is 0.253 e. The van der Waals surface area contributed by atoms with E-state index in [-0.39, 0.29) is 11.0 Å². The lowest BCUT2D eigenvalue weighted by Gasteiger charge is -2.36. The van der Waals surface area contributed by atoms with E-state index in [0.717, 1.165) is 37.5 Å². The molecule has 0 unspecified atom stereocenters. The van der Waals surface area contributed by atoms with Crippen molar-refractivity contribution in [1.29, 1.82) is 0 Å². The molecular formula is C12H18N2O2S. The zero-order chi connectivity index (χ0) is 12.3. The van der Waals surface area contributed by atoms with E-state index >= 15 is 0 Å². The summed E-state index contributed by atoms with van der Waals surface area (Å²) < 4.78 is 7.07. The molecular weight excluding hydrogens is 236 g/mol. The Kier molecular flexibility index (Phi) is 3.89. The van der Waals surface area contributed by atoms with Gasteiger partial charge in [0, 0.05) is 36.9 Å². The van der Waals surface area contributed by atoms with Gasteiger partial charge in [0.05, 0.1) is 6.33 Å². The molecule has 2 heterocycles. The van der Waals surface area contributed by atoms with Crippen molar-refractivity contribution in [3.63, 3.8) is 0 Å². The molecule has 0 aromatic carbocycles. The zero-order valence-corrected chi connectivity index (χ0v) is 10.9. The Morgan fingerprint density at radius 2 is 2.24 bits per heavy atom. The minimum Gasteiger partial charge on any atom is -0.381 e. The molecule has 0 atom stereocenters. The quantitative estimate of drug-likeness (QED) is 0.826. The summed E-state index contributed by atoms with van der Waals surface area (Å²) in [6, 6.07) is 1.57. The Morgan fingerprint density at radius 1 is 1.53 bits per heavy atom. The van der Waals surface area contributed by atoms with E-state index in [1.54, 1.807) is 17.0 Å². The molecule has 1 aliphatic heterocycles. The molecule has 0 bridgehead atoms. The van der Waals surface area contributed by atoms with E-state index < -0.39 is 0 Å². The molecule has 1 fully saturated rings. The lowest BCUT2D eigenvalue weighted by Crippen LogP contribution is -2.38. The standard InChI is InChI=1S/C12H18N2O2S/c1-10-6-11(15)14(9-13-10)7-12(8-17)2-4-16-5-3-12/h6,9,17H,2-5,7-8H2,1H3. The van der Waals surface area contributed by atoms with Gasteiger partial charge in [-0.2, -0.15) is 12.6 Å². The Morgan fingerprint density at radius 3 is 2.82 bits per heavy atom. The molecule has 0 amide bonds. The molecule has 1 aromatic rings. The fourth-order valence-electron chi connectivity index (χ4n) is 2.17. The number of aromatic nitrogens is 2. The molecule has 0 aliphatic carbocycles. The number of rotatable bonds is 3. The summed E-state index contributed by atoms with van der Waals surface area (Å²) in [5, 5.41) is 0. The third-order valence-corrected chi connectivity index (χ3v) is 4.08. The lowest BCUT2D eigenvalue weighted by atomic mass is 9.82. The predicted octanol–water partition coefficient (Wildman–Crippen LogP) is 1.28. The summed E-state index contributed by atoms with van der Waals surface area (Å²) in [6.07, 6.45) is 3.55. The molecule has 0 radical (unpaired) electrons. The number of thiol groups is 1. The van der Waals surface area contributed by atoms with E-state index in [2.05, 4.69) is 17.6 Å². The number of hydrogen-bond acceptors (Lipinski definition) is 4. The van der Waals surface area contributed by atoms with Gasteiger partial charge >= 0.3 is 0 Å². The first kappa shape index (κ1) is 12.6. The predicted molar refractivity (Wildman–Crippen MR) is 69.6 cm³/mol. The van der Waals surface area contributed by atoms with Crippen LogP contribution in [0.3, 0.4) is 0 Å². The molecule has 0 spiro atoms. The van der Waals surface area contributed by atoms with Gasteiger partial charge in [-0.3, -0.25) is 9.36 Å². The van der Waals surface area contributed by atoms with Crippen LogP contribution in [-0.2, 0) is 11.3 Å². The first-order chi connectivity index (χ1) is 8.15. The van der Waals surface area contributed by atoms with Gasteiger partial charge in [-0.05, 0) is 25.5 Å². The molecule has 17 heavy (non-hydrogen) atoms. The van der Waals surface area contributed by atoms with Crippen LogP contribution in [0.15, 0.2) is 17.2 Å². The van der Waals surface area contributed by atoms with Crippen LogP contribution < -0.4 is 5.56 Å². The first-order valence-electron chi connectivity index (χ1n) is 5.87. The van der Waals surface area contributed by atoms with Crippen LogP contribution in [0.25, 0.3) is 0 Å². The normalized spacial score (nSPS) is 19.2. The third-order valence-electron chi connectivity index (χ3n) is 3.41. The highest BCUT2D eigenvalue weighted by atomic mass is 32.1. The molecule has 5 heteroatoms. The van der Waals surface area contributed by atoms with Crippen LogP contribution in [0, 0.1) is 12.3 Å². The van der Waals surface area contributed by atoms with Crippen molar-refractivity contribution in [3.8, 4) is 0 Å². The second-order valence-electron chi connectivity index (χ2n) is 4.77. The maximum absolute atomic E-state index is 11.8. The highest BCUT2D eigenvalue weighted by Crippen LogP contribution is 2.33. The SMILES string of the molecule is Cc1cc(=O)n(CC2(CS)CCOCC2)cn1. The number of aryl methyl sites for hydroxylation is 1. The van der Waals surface area contributed by atoms with Crippen molar-refractivity contribution in [1.82, 2.24) is 9.55 Å². The minimum atomic E-state index is 0.0187. The largest absolute Gasteiger partial charge is 0.381 e. The highest BCUT2D eigenvalue weighted by Gasteiger charge is 2.31. The highest BCUT2D eigenvalue weighted by molar-refractivity contribution is 7.80. The Bertz CT molecular complexity index is 438. The van der Waals surface area contributed by atoms with Crippen molar-refractivity contribution in [3.05, 3.63) is 28.4 Å². The van der Waals surface area contributed by atoms with Crippen molar-refractivity contribution in [2.24, 2.45) is 5.41 Å². The van der Waals surface area contributed by atoms with E-state index in [4.69, 9.17) is 4.74 Å². The van der Waals surface area contributed by atoms with E-state index in [1.807, 2.05) is 6.92 Å². The van der Waals surface area contributed by atoms with Gasteiger partial charge in [0.1, 0.15) is 0 Å². The van der Waals surface area contributed by atoms with Crippen LogP contribution in [0.2, 0.25) is 0 Å². The molecule has 1 saturated heterocycles. The number of ether oxygens (including phenoxy) is 1. The van der Waals surface area contributed by atoms with Crippen LogP contribution in [0.4, 0.5) is 0 Å². The minimum absolute atomic E-state index is 0.0187. The molecule has 94 valence electrons. The summed E-state index contributed by atoms with van der Waals surface area (Å²) in [5.41, 5.74) is 0.852. The van der Waals surface area contributed by atoms with Crippen molar-refractivity contribution in [2.75, 3.05) is 19.0 Å². The summed E-state index contributed by atoms with van der Waals surface area (Å²) in [4.78, 5) is 16.0. The molecule has 0 N–H and O–H groups in total. The van der Waals surface area contributed by atoms with Gasteiger partial charge in [0.25, 0.3) is 5.56 Å². The van der Waals surface area contributed by atoms with Gasteiger partial charge in [-0.25, -0.2) is 4.98 Å². The van der Waals surface area contributed by atoms with E-state index in [1.165, 1.54) is 0 Å². The van der Waals surface area contributed by atoms with Gasteiger partial charge in [-0.1, -0.05) is 0 Å². The summed E-state index contributed by atoms with van der Waals surface area (Å²) in [6.45, 7) is 4.03. The van der Waals surface area contributed by atoms with E-state index in [9.17, 15) is 4.79 Å². The fourth-order valence-corrected chi connectivity index (χ4v) is 2.58. The van der Waals surface area contributed by atoms with Gasteiger partial charge in [0.2, 0.25) is 0 Å². The van der Waals surface area contributed by atoms with Crippen LogP contribution >= 0.6 is 12.6 Å². The second kappa shape index (κ2) is 5.23. The van der Waals surface area contributed by atoms with Crippen molar-refractivity contribution in [2.45, 2.75) is 26.3 Å². The first-order valence-corrected chi connectivity index (χ1v) is 6.50. The van der Waals surface area contributed by atoms with Crippen molar-refractivity contribution >= 4 is 12.6 Å². The van der Waals surface area contributed by atoms with Gasteiger partial charge in [-0.15, -0.1) is 0 Å². The topological polar surface area (TPSA) is 44.1 Å². The van der Waals surface area contributed by atoms with Crippen LogP contribution in [0.5, 0.6) is 0 Å². The summed E-state index contributed by atoms with van der Waals surface area (Å²) >= 11 is 4.44.